The van der Waals surface area contributed by atoms with Crippen molar-refractivity contribution in [2.24, 2.45) is 11.5 Å². The van der Waals surface area contributed by atoms with Crippen molar-refractivity contribution in [3.05, 3.63) is 52.6 Å². The first-order valence-electron chi connectivity index (χ1n) is 13.5. The zero-order valence-electron chi connectivity index (χ0n) is 22.5. The SMILES string of the molecule is N=C(N)NC1CCN(CCc2ccc(-n3ccc(NC(=O)N4CCN(C(=O)C(N)CO)CC4)nc3=O)cc2)CC1. The summed E-state index contributed by atoms with van der Waals surface area (Å²) in [5.41, 5.74) is 12.3. The van der Waals surface area contributed by atoms with E-state index in [0.717, 1.165) is 44.5 Å². The molecule has 2 saturated heterocycles. The van der Waals surface area contributed by atoms with Crippen LogP contribution in [0.5, 0.6) is 0 Å². The molecule has 3 heterocycles. The molecule has 14 nitrogen and oxygen atoms in total. The number of aliphatic hydroxyl groups excluding tert-OH is 1. The van der Waals surface area contributed by atoms with Crippen LogP contribution in [-0.4, -0.2) is 112 Å². The van der Waals surface area contributed by atoms with Gasteiger partial charge in [-0.3, -0.25) is 20.1 Å². The number of nitrogens with zero attached hydrogens (tertiary/aromatic N) is 5. The maximum Gasteiger partial charge on any atom is 0.354 e. The van der Waals surface area contributed by atoms with Crippen molar-refractivity contribution in [3.8, 4) is 5.69 Å². The number of urea groups is 1. The van der Waals surface area contributed by atoms with Crippen LogP contribution in [0, 0.1) is 5.41 Å². The molecule has 8 N–H and O–H groups in total. The lowest BCUT2D eigenvalue weighted by Crippen LogP contribution is -2.55. The quantitative estimate of drug-likeness (QED) is 0.170. The summed E-state index contributed by atoms with van der Waals surface area (Å²) in [7, 11) is 0. The van der Waals surface area contributed by atoms with Crippen LogP contribution in [-0.2, 0) is 11.2 Å². The molecule has 0 aliphatic carbocycles. The van der Waals surface area contributed by atoms with Crippen LogP contribution >= 0.6 is 0 Å². The number of likely N-dealkylation sites (tertiary alicyclic amines) is 1. The third kappa shape index (κ3) is 7.55. The maximum atomic E-state index is 12.7. The zero-order chi connectivity index (χ0) is 28.6. The lowest BCUT2D eigenvalue weighted by molar-refractivity contribution is -0.134. The van der Waals surface area contributed by atoms with Gasteiger partial charge in [0.05, 0.1) is 12.3 Å². The van der Waals surface area contributed by atoms with E-state index in [9.17, 15) is 14.4 Å². The molecule has 4 rings (SSSR count). The van der Waals surface area contributed by atoms with Crippen LogP contribution in [0.15, 0.2) is 41.3 Å². The van der Waals surface area contributed by atoms with Crippen LogP contribution in [0.4, 0.5) is 10.6 Å². The second kappa shape index (κ2) is 13.4. The minimum Gasteiger partial charge on any atom is -0.394 e. The number of aromatic nitrogens is 2. The molecular weight excluding hydrogens is 516 g/mol. The summed E-state index contributed by atoms with van der Waals surface area (Å²) < 4.78 is 1.42. The summed E-state index contributed by atoms with van der Waals surface area (Å²) >= 11 is 0. The number of nitrogens with two attached hydrogens (primary N) is 2. The number of hydrogen-bond donors (Lipinski definition) is 6. The topological polar surface area (TPSA) is 199 Å². The van der Waals surface area contributed by atoms with Gasteiger partial charge >= 0.3 is 11.7 Å². The monoisotopic (exact) mass is 554 g/mol. The van der Waals surface area contributed by atoms with E-state index in [2.05, 4.69) is 20.5 Å². The molecule has 1 atom stereocenters. The summed E-state index contributed by atoms with van der Waals surface area (Å²) in [5.74, 6) is -0.176. The normalized spacial score (nSPS) is 17.4. The van der Waals surface area contributed by atoms with Crippen LogP contribution < -0.4 is 27.8 Å². The molecule has 0 saturated carbocycles. The molecule has 3 amide bonds. The Labute approximate surface area is 232 Å². The molecule has 2 aromatic rings. The fraction of sp³-hybridized carbons (Fsp3) is 0.500. The van der Waals surface area contributed by atoms with Crippen molar-refractivity contribution < 1.29 is 14.7 Å². The molecule has 216 valence electrons. The largest absolute Gasteiger partial charge is 0.394 e. The van der Waals surface area contributed by atoms with Crippen LogP contribution in [0.2, 0.25) is 0 Å². The number of rotatable bonds is 8. The predicted molar refractivity (Wildman–Crippen MR) is 150 cm³/mol. The highest BCUT2D eigenvalue weighted by Gasteiger charge is 2.27. The first-order valence-corrected chi connectivity index (χ1v) is 13.5. The van der Waals surface area contributed by atoms with Gasteiger partial charge in [-0.25, -0.2) is 9.59 Å². The van der Waals surface area contributed by atoms with Crippen molar-refractivity contribution in [3.63, 3.8) is 0 Å². The van der Waals surface area contributed by atoms with Crippen LogP contribution in [0.3, 0.4) is 0 Å². The summed E-state index contributed by atoms with van der Waals surface area (Å²) in [5, 5.41) is 22.1. The summed E-state index contributed by atoms with van der Waals surface area (Å²) in [6, 6.07) is 8.22. The van der Waals surface area contributed by atoms with Crippen molar-refractivity contribution in [1.82, 2.24) is 29.6 Å². The minimum absolute atomic E-state index is 0.0264. The number of benzene rings is 1. The minimum atomic E-state index is -0.960. The van der Waals surface area contributed by atoms with E-state index in [0.29, 0.717) is 31.9 Å². The Hall–Kier alpha value is -4.01. The molecule has 40 heavy (non-hydrogen) atoms. The Balaban J connectivity index is 1.25. The number of anilines is 1. The molecule has 2 aliphatic rings. The van der Waals surface area contributed by atoms with E-state index in [1.807, 2.05) is 24.3 Å². The highest BCUT2D eigenvalue weighted by Crippen LogP contribution is 2.14. The lowest BCUT2D eigenvalue weighted by atomic mass is 10.0. The molecular formula is C26H38N10O4. The van der Waals surface area contributed by atoms with Gasteiger partial charge in [0.1, 0.15) is 11.9 Å². The number of guanidine groups is 1. The van der Waals surface area contributed by atoms with E-state index >= 15 is 0 Å². The third-order valence-corrected chi connectivity index (χ3v) is 7.31. The highest BCUT2D eigenvalue weighted by molar-refractivity contribution is 5.88. The first kappa shape index (κ1) is 29.0. The number of amides is 3. The molecule has 0 radical (unpaired) electrons. The average molecular weight is 555 g/mol. The second-order valence-electron chi connectivity index (χ2n) is 10.1. The summed E-state index contributed by atoms with van der Waals surface area (Å²) in [6.45, 7) is 3.64. The fourth-order valence-electron chi connectivity index (χ4n) is 4.93. The number of aliphatic hydroxyl groups is 1. The van der Waals surface area contributed by atoms with Gasteiger partial charge in [-0.15, -0.1) is 0 Å². The Morgan fingerprint density at radius 1 is 1.05 bits per heavy atom. The van der Waals surface area contributed by atoms with Crippen molar-refractivity contribution in [2.75, 3.05) is 57.7 Å². The first-order chi connectivity index (χ1) is 19.2. The van der Waals surface area contributed by atoms with E-state index in [4.69, 9.17) is 22.0 Å². The molecule has 0 spiro atoms. The highest BCUT2D eigenvalue weighted by atomic mass is 16.3. The number of carbonyl (C=O) groups is 2. The van der Waals surface area contributed by atoms with Gasteiger partial charge in [-0.05, 0) is 43.0 Å². The number of carbonyl (C=O) groups excluding carboxylic acids is 2. The van der Waals surface area contributed by atoms with Crippen molar-refractivity contribution in [2.45, 2.75) is 31.3 Å². The van der Waals surface area contributed by atoms with Gasteiger partial charge in [-0.2, -0.15) is 4.98 Å². The van der Waals surface area contributed by atoms with Crippen LogP contribution in [0.1, 0.15) is 18.4 Å². The Morgan fingerprint density at radius 3 is 2.30 bits per heavy atom. The average Bonchev–Trinajstić information content (AvgIpc) is 2.96. The van der Waals surface area contributed by atoms with Gasteiger partial charge in [0, 0.05) is 58.1 Å². The third-order valence-electron chi connectivity index (χ3n) is 7.31. The predicted octanol–water partition coefficient (Wildman–Crippen LogP) is -1.28. The Kier molecular flexibility index (Phi) is 9.69. The molecule has 1 unspecified atom stereocenters. The van der Waals surface area contributed by atoms with E-state index in [1.165, 1.54) is 14.4 Å². The summed E-state index contributed by atoms with van der Waals surface area (Å²) in [6.07, 6.45) is 4.39. The van der Waals surface area contributed by atoms with Gasteiger partial charge in [0.25, 0.3) is 0 Å². The number of nitrogens with one attached hydrogen (secondary N) is 3. The fourth-order valence-corrected chi connectivity index (χ4v) is 4.93. The van der Waals surface area contributed by atoms with E-state index < -0.39 is 24.4 Å². The standard InChI is InChI=1S/C26H38N10O4/c27-21(17-37)23(38)34-13-15-35(16-14-34)25(39)31-22-8-12-36(26(40)32-22)20-3-1-18(2-4-20)5-9-33-10-6-19(7-11-33)30-24(28)29/h1-4,8,12,19,21,37H,5-7,9-11,13-17,27H2,(H4,28,29,30)(H,31,32,39,40). The second-order valence-corrected chi connectivity index (χ2v) is 10.1. The lowest BCUT2D eigenvalue weighted by Gasteiger charge is -2.35. The van der Waals surface area contributed by atoms with Gasteiger partial charge in [-0.1, -0.05) is 12.1 Å². The molecule has 14 heteroatoms. The maximum absolute atomic E-state index is 12.7. The molecule has 1 aromatic carbocycles. The van der Waals surface area contributed by atoms with Crippen LogP contribution in [0.25, 0.3) is 5.69 Å². The Morgan fingerprint density at radius 2 is 1.70 bits per heavy atom. The van der Waals surface area contributed by atoms with Gasteiger partial charge in [0.2, 0.25) is 5.91 Å². The van der Waals surface area contributed by atoms with Gasteiger partial charge < -0.3 is 36.6 Å². The molecule has 2 aliphatic heterocycles. The number of hydrogen-bond acceptors (Lipinski definition) is 8. The molecule has 2 fully saturated rings. The smallest absolute Gasteiger partial charge is 0.354 e. The van der Waals surface area contributed by atoms with Gasteiger partial charge in [0.15, 0.2) is 5.96 Å². The summed E-state index contributed by atoms with van der Waals surface area (Å²) in [4.78, 5) is 46.9. The van der Waals surface area contributed by atoms with E-state index in [-0.39, 0.29) is 23.7 Å². The molecule has 0 bridgehead atoms. The number of piperidine rings is 1. The molecule has 1 aromatic heterocycles. The van der Waals surface area contributed by atoms with E-state index in [1.54, 1.807) is 12.3 Å². The number of piperazine rings is 1. The van der Waals surface area contributed by atoms with Crippen molar-refractivity contribution >= 4 is 23.7 Å². The Bertz CT molecular complexity index is 1230. The van der Waals surface area contributed by atoms with Crippen molar-refractivity contribution in [1.29, 1.82) is 5.41 Å². The zero-order valence-corrected chi connectivity index (χ0v) is 22.5.